The summed E-state index contributed by atoms with van der Waals surface area (Å²) >= 11 is 0. The number of amides is 1. The zero-order valence-corrected chi connectivity index (χ0v) is 14.0. The molecule has 1 aromatic carbocycles. The van der Waals surface area contributed by atoms with Crippen molar-refractivity contribution >= 4 is 15.9 Å². The Morgan fingerprint density at radius 3 is 2.15 bits per heavy atom. The molecule has 1 aromatic heterocycles. The third-order valence-electron chi connectivity index (χ3n) is 3.25. The fraction of sp³-hybridized carbons (Fsp3) is 0.214. The van der Waals surface area contributed by atoms with E-state index in [9.17, 15) is 26.4 Å². The van der Waals surface area contributed by atoms with E-state index in [1.54, 1.807) is 0 Å². The molecule has 8 nitrogen and oxygen atoms in total. The van der Waals surface area contributed by atoms with Crippen molar-refractivity contribution in [1.29, 1.82) is 0 Å². The number of hydroxylamine groups is 1. The summed E-state index contributed by atoms with van der Waals surface area (Å²) in [7, 11) is -4.12. The van der Waals surface area contributed by atoms with E-state index in [0.717, 1.165) is 24.5 Å². The largest absolute Gasteiger partial charge is 0.416 e. The lowest BCUT2D eigenvalue weighted by Crippen LogP contribution is -2.28. The molecule has 0 aliphatic carbocycles. The lowest BCUT2D eigenvalue weighted by Gasteiger charge is -2.14. The van der Waals surface area contributed by atoms with Crippen molar-refractivity contribution in [2.24, 2.45) is 0 Å². The fourth-order valence-electron chi connectivity index (χ4n) is 1.92. The SMILES string of the molecule is C[C@@H](NS(=O)(=O)c1ccc(C(F)(F)F)cc1)c1ncc(C(=O)NO)cn1. The number of sulfonamides is 1. The maximum Gasteiger partial charge on any atom is 0.416 e. The molecule has 0 bridgehead atoms. The number of hydrogen-bond acceptors (Lipinski definition) is 6. The average molecular weight is 390 g/mol. The fourth-order valence-corrected chi connectivity index (χ4v) is 3.12. The first-order chi connectivity index (χ1) is 12.0. The molecule has 0 spiro atoms. The van der Waals surface area contributed by atoms with Crippen molar-refractivity contribution in [2.45, 2.75) is 24.0 Å². The van der Waals surface area contributed by atoms with Crippen LogP contribution >= 0.6 is 0 Å². The number of nitrogens with zero attached hydrogens (tertiary/aromatic N) is 2. The molecule has 140 valence electrons. The van der Waals surface area contributed by atoms with Crippen LogP contribution in [-0.2, 0) is 16.2 Å². The number of halogens is 3. The minimum Gasteiger partial charge on any atom is -0.288 e. The normalized spacial score (nSPS) is 13.3. The standard InChI is InChI=1S/C14H13F3N4O4S/c1-8(12-18-6-9(7-19-12)13(22)20-23)21-26(24,25)11-4-2-10(3-5-11)14(15,16)17/h2-8,21,23H,1H3,(H,20,22)/t8-/m1/s1. The first-order valence-electron chi connectivity index (χ1n) is 7.00. The molecule has 26 heavy (non-hydrogen) atoms. The van der Waals surface area contributed by atoms with Gasteiger partial charge in [-0.2, -0.15) is 13.2 Å². The predicted octanol–water partition coefficient (Wildman–Crippen LogP) is 1.65. The number of carbonyl (C=O) groups is 1. The topological polar surface area (TPSA) is 121 Å². The summed E-state index contributed by atoms with van der Waals surface area (Å²) in [6.07, 6.45) is -2.41. The molecule has 0 fully saturated rings. The molecule has 0 saturated carbocycles. The summed E-state index contributed by atoms with van der Waals surface area (Å²) in [4.78, 5) is 18.4. The van der Waals surface area contributed by atoms with Crippen molar-refractivity contribution in [1.82, 2.24) is 20.2 Å². The maximum absolute atomic E-state index is 12.5. The van der Waals surface area contributed by atoms with Crippen LogP contribution in [0, 0.1) is 0 Å². The smallest absolute Gasteiger partial charge is 0.288 e. The van der Waals surface area contributed by atoms with Crippen LogP contribution in [0.2, 0.25) is 0 Å². The first kappa shape index (κ1) is 19.8. The van der Waals surface area contributed by atoms with Gasteiger partial charge >= 0.3 is 6.18 Å². The lowest BCUT2D eigenvalue weighted by molar-refractivity contribution is -0.137. The Balaban J connectivity index is 2.16. The number of nitrogens with one attached hydrogen (secondary N) is 2. The van der Waals surface area contributed by atoms with Gasteiger partial charge in [0.25, 0.3) is 5.91 Å². The highest BCUT2D eigenvalue weighted by atomic mass is 32.2. The number of rotatable bonds is 5. The molecule has 1 amide bonds. The van der Waals surface area contributed by atoms with Crippen LogP contribution in [-0.4, -0.2) is 29.5 Å². The van der Waals surface area contributed by atoms with Gasteiger partial charge in [-0.1, -0.05) is 0 Å². The second-order valence-corrected chi connectivity index (χ2v) is 6.85. The van der Waals surface area contributed by atoms with Crippen LogP contribution in [0.15, 0.2) is 41.6 Å². The number of aromatic nitrogens is 2. The van der Waals surface area contributed by atoms with Crippen molar-refractivity contribution in [3.63, 3.8) is 0 Å². The third kappa shape index (κ3) is 4.53. The molecular weight excluding hydrogens is 377 g/mol. The van der Waals surface area contributed by atoms with E-state index in [1.807, 2.05) is 0 Å². The van der Waals surface area contributed by atoms with E-state index in [4.69, 9.17) is 5.21 Å². The van der Waals surface area contributed by atoms with E-state index >= 15 is 0 Å². The van der Waals surface area contributed by atoms with E-state index in [1.165, 1.54) is 12.4 Å². The molecule has 2 aromatic rings. The van der Waals surface area contributed by atoms with Gasteiger partial charge in [0.15, 0.2) is 0 Å². The highest BCUT2D eigenvalue weighted by Gasteiger charge is 2.31. The average Bonchev–Trinajstić information content (AvgIpc) is 2.60. The van der Waals surface area contributed by atoms with Crippen molar-refractivity contribution in [2.75, 3.05) is 0 Å². The van der Waals surface area contributed by atoms with E-state index in [2.05, 4.69) is 14.7 Å². The zero-order valence-electron chi connectivity index (χ0n) is 13.1. The van der Waals surface area contributed by atoms with Crippen LogP contribution in [0.5, 0.6) is 0 Å². The molecule has 1 heterocycles. The van der Waals surface area contributed by atoms with Crippen LogP contribution in [0.1, 0.15) is 34.7 Å². The molecule has 3 N–H and O–H groups in total. The molecular formula is C14H13F3N4O4S. The molecule has 0 unspecified atom stereocenters. The van der Waals surface area contributed by atoms with Crippen LogP contribution in [0.4, 0.5) is 13.2 Å². The quantitative estimate of drug-likeness (QED) is 0.527. The minimum absolute atomic E-state index is 0.0231. The molecule has 1 atom stereocenters. The minimum atomic E-state index is -4.57. The molecule has 2 rings (SSSR count). The van der Waals surface area contributed by atoms with Crippen LogP contribution in [0.3, 0.4) is 0 Å². The summed E-state index contributed by atoms with van der Waals surface area (Å²) in [5, 5.41) is 8.50. The van der Waals surface area contributed by atoms with Gasteiger partial charge in [-0.05, 0) is 31.2 Å². The number of benzene rings is 1. The Kier molecular flexibility index (Phi) is 5.59. The Hall–Kier alpha value is -2.57. The van der Waals surface area contributed by atoms with Crippen LogP contribution < -0.4 is 10.2 Å². The number of alkyl halides is 3. The van der Waals surface area contributed by atoms with Gasteiger partial charge in [0, 0.05) is 12.4 Å². The van der Waals surface area contributed by atoms with Gasteiger partial charge in [0.05, 0.1) is 22.1 Å². The first-order valence-corrected chi connectivity index (χ1v) is 8.49. The van der Waals surface area contributed by atoms with Crippen molar-refractivity contribution < 1.29 is 31.6 Å². The van der Waals surface area contributed by atoms with Gasteiger partial charge in [-0.15, -0.1) is 0 Å². The Morgan fingerprint density at radius 1 is 1.15 bits per heavy atom. The summed E-state index contributed by atoms with van der Waals surface area (Å²) < 4.78 is 64.3. The summed E-state index contributed by atoms with van der Waals surface area (Å²) in [6.45, 7) is 1.42. The third-order valence-corrected chi connectivity index (χ3v) is 4.80. The Morgan fingerprint density at radius 2 is 1.69 bits per heavy atom. The second-order valence-electron chi connectivity index (χ2n) is 5.14. The number of hydrogen-bond donors (Lipinski definition) is 3. The van der Waals surface area contributed by atoms with E-state index in [-0.39, 0.29) is 16.3 Å². The van der Waals surface area contributed by atoms with Gasteiger partial charge in [0.2, 0.25) is 10.0 Å². The zero-order chi connectivity index (χ0) is 19.5. The lowest BCUT2D eigenvalue weighted by atomic mass is 10.2. The van der Waals surface area contributed by atoms with E-state index < -0.39 is 33.7 Å². The van der Waals surface area contributed by atoms with Gasteiger partial charge < -0.3 is 0 Å². The van der Waals surface area contributed by atoms with Crippen molar-refractivity contribution in [3.8, 4) is 0 Å². The Labute approximate surface area is 146 Å². The van der Waals surface area contributed by atoms with Gasteiger partial charge in [-0.25, -0.2) is 28.6 Å². The summed E-state index contributed by atoms with van der Waals surface area (Å²) in [5.41, 5.74) is 0.380. The second kappa shape index (κ2) is 7.35. The highest BCUT2D eigenvalue weighted by Crippen LogP contribution is 2.29. The Bertz CT molecular complexity index is 884. The van der Waals surface area contributed by atoms with Crippen molar-refractivity contribution in [3.05, 3.63) is 53.6 Å². The molecule has 0 radical (unpaired) electrons. The summed E-state index contributed by atoms with van der Waals surface area (Å²) in [5.74, 6) is -0.815. The molecule has 0 aliphatic rings. The van der Waals surface area contributed by atoms with Crippen LogP contribution in [0.25, 0.3) is 0 Å². The maximum atomic E-state index is 12.5. The summed E-state index contributed by atoms with van der Waals surface area (Å²) in [6, 6.07) is 2.09. The highest BCUT2D eigenvalue weighted by molar-refractivity contribution is 7.89. The molecule has 0 aliphatic heterocycles. The molecule has 12 heteroatoms. The molecule has 0 saturated heterocycles. The van der Waals surface area contributed by atoms with Gasteiger partial charge in [-0.3, -0.25) is 10.0 Å². The number of carbonyl (C=O) groups excluding carboxylic acids is 1. The monoisotopic (exact) mass is 390 g/mol. The predicted molar refractivity (Wildman–Crippen MR) is 81.5 cm³/mol. The van der Waals surface area contributed by atoms with Gasteiger partial charge in [0.1, 0.15) is 5.82 Å². The van der Waals surface area contributed by atoms with E-state index in [0.29, 0.717) is 12.1 Å².